The topological polar surface area (TPSA) is 49.6 Å². The molecule has 0 fully saturated rings. The highest BCUT2D eigenvalue weighted by Gasteiger charge is 2.09. The molecule has 14 heavy (non-hydrogen) atoms. The second-order valence-corrected chi connectivity index (χ2v) is 3.43. The third kappa shape index (κ3) is 3.62. The smallest absolute Gasteiger partial charge is 0.177 e. The standard InChI is InChI=1S/C10H19N3O/c1-6-13(7-12(4)5)8(2)10(11)9(3)14/h6H,1,7,11H2,2-5H3/b10-8-. The highest BCUT2D eigenvalue weighted by molar-refractivity contribution is 5.92. The first-order chi connectivity index (χ1) is 6.40. The second-order valence-electron chi connectivity index (χ2n) is 3.43. The van der Waals surface area contributed by atoms with E-state index in [0.717, 1.165) is 5.70 Å². The molecule has 4 nitrogen and oxygen atoms in total. The van der Waals surface area contributed by atoms with Gasteiger partial charge in [0.05, 0.1) is 12.4 Å². The number of nitrogens with two attached hydrogens (primary N) is 1. The van der Waals surface area contributed by atoms with Crippen molar-refractivity contribution >= 4 is 5.78 Å². The van der Waals surface area contributed by atoms with Gasteiger partial charge in [0.25, 0.3) is 0 Å². The molecule has 0 aromatic rings. The molecule has 0 rings (SSSR count). The Morgan fingerprint density at radius 2 is 1.93 bits per heavy atom. The Morgan fingerprint density at radius 3 is 2.21 bits per heavy atom. The van der Waals surface area contributed by atoms with Crippen molar-refractivity contribution in [3.8, 4) is 0 Å². The van der Waals surface area contributed by atoms with Crippen molar-refractivity contribution in [2.45, 2.75) is 13.8 Å². The molecule has 0 heterocycles. The van der Waals surface area contributed by atoms with Crippen LogP contribution >= 0.6 is 0 Å². The van der Waals surface area contributed by atoms with Crippen LogP contribution in [0.15, 0.2) is 24.2 Å². The van der Waals surface area contributed by atoms with Crippen LogP contribution in [-0.4, -0.2) is 36.3 Å². The fourth-order valence-corrected chi connectivity index (χ4v) is 1.01. The van der Waals surface area contributed by atoms with E-state index in [4.69, 9.17) is 5.73 Å². The number of carbonyl (C=O) groups is 1. The lowest BCUT2D eigenvalue weighted by molar-refractivity contribution is -0.113. The highest BCUT2D eigenvalue weighted by atomic mass is 16.1. The molecule has 0 bridgehead atoms. The molecule has 0 saturated heterocycles. The van der Waals surface area contributed by atoms with Gasteiger partial charge in [0.1, 0.15) is 0 Å². The number of hydrogen-bond donors (Lipinski definition) is 1. The van der Waals surface area contributed by atoms with E-state index < -0.39 is 0 Å². The zero-order valence-corrected chi connectivity index (χ0v) is 9.37. The van der Waals surface area contributed by atoms with Crippen LogP contribution in [-0.2, 0) is 4.79 Å². The Balaban J connectivity index is 4.77. The summed E-state index contributed by atoms with van der Waals surface area (Å²) in [6.07, 6.45) is 1.66. The van der Waals surface area contributed by atoms with Crippen LogP contribution in [0.3, 0.4) is 0 Å². The summed E-state index contributed by atoms with van der Waals surface area (Å²) < 4.78 is 0. The molecule has 80 valence electrons. The molecule has 0 atom stereocenters. The molecule has 2 N–H and O–H groups in total. The van der Waals surface area contributed by atoms with Crippen molar-refractivity contribution in [2.24, 2.45) is 5.73 Å². The van der Waals surface area contributed by atoms with Crippen molar-refractivity contribution in [2.75, 3.05) is 20.8 Å². The fourth-order valence-electron chi connectivity index (χ4n) is 1.01. The molecule has 0 aliphatic rings. The van der Waals surface area contributed by atoms with E-state index in [1.54, 1.807) is 6.20 Å². The lowest BCUT2D eigenvalue weighted by atomic mass is 10.2. The molecule has 4 heteroatoms. The van der Waals surface area contributed by atoms with Gasteiger partial charge in [0.15, 0.2) is 5.78 Å². The van der Waals surface area contributed by atoms with Crippen molar-refractivity contribution in [3.63, 3.8) is 0 Å². The average Bonchev–Trinajstić information content (AvgIpc) is 2.11. The first-order valence-corrected chi connectivity index (χ1v) is 4.41. The van der Waals surface area contributed by atoms with E-state index in [9.17, 15) is 4.79 Å². The first-order valence-electron chi connectivity index (χ1n) is 4.41. The summed E-state index contributed by atoms with van der Waals surface area (Å²) in [5.41, 5.74) is 6.66. The highest BCUT2D eigenvalue weighted by Crippen LogP contribution is 2.07. The van der Waals surface area contributed by atoms with Crippen molar-refractivity contribution in [1.29, 1.82) is 0 Å². The van der Waals surface area contributed by atoms with Crippen LogP contribution in [0.2, 0.25) is 0 Å². The molecule has 0 saturated carbocycles. The van der Waals surface area contributed by atoms with Crippen LogP contribution in [0.4, 0.5) is 0 Å². The normalized spacial score (nSPS) is 12.4. The van der Waals surface area contributed by atoms with E-state index in [0.29, 0.717) is 6.67 Å². The Hall–Kier alpha value is -1.29. The molecule has 0 aromatic heterocycles. The molecular formula is C10H19N3O. The number of rotatable bonds is 5. The Kier molecular flexibility index (Phi) is 4.94. The minimum atomic E-state index is -0.117. The molecule has 0 aliphatic heterocycles. The summed E-state index contributed by atoms with van der Waals surface area (Å²) >= 11 is 0. The van der Waals surface area contributed by atoms with Crippen LogP contribution in [0.1, 0.15) is 13.8 Å². The second kappa shape index (κ2) is 5.44. The van der Waals surface area contributed by atoms with Gasteiger partial charge in [-0.2, -0.15) is 0 Å². The van der Waals surface area contributed by atoms with Crippen molar-refractivity contribution < 1.29 is 4.79 Å². The van der Waals surface area contributed by atoms with E-state index in [-0.39, 0.29) is 11.5 Å². The molecule has 0 unspecified atom stereocenters. The lowest BCUT2D eigenvalue weighted by Gasteiger charge is -2.25. The summed E-state index contributed by atoms with van der Waals surface area (Å²) in [6.45, 7) is 7.59. The van der Waals surface area contributed by atoms with E-state index in [2.05, 4.69) is 6.58 Å². The Bertz CT molecular complexity index is 256. The summed E-state index contributed by atoms with van der Waals surface area (Å²) in [5.74, 6) is -0.117. The van der Waals surface area contributed by atoms with Crippen molar-refractivity contribution in [3.05, 3.63) is 24.2 Å². The lowest BCUT2D eigenvalue weighted by Crippen LogP contribution is -2.30. The van der Waals surface area contributed by atoms with Gasteiger partial charge in [-0.05, 0) is 27.2 Å². The zero-order valence-electron chi connectivity index (χ0n) is 9.37. The quantitative estimate of drug-likeness (QED) is 0.521. The SMILES string of the molecule is C=CN(CN(C)C)/C(C)=C(\N)C(C)=O. The number of allylic oxidation sites excluding steroid dienone is 2. The van der Waals surface area contributed by atoms with Crippen molar-refractivity contribution in [1.82, 2.24) is 9.80 Å². The largest absolute Gasteiger partial charge is 0.394 e. The molecule has 0 radical (unpaired) electrons. The van der Waals surface area contributed by atoms with E-state index >= 15 is 0 Å². The summed E-state index contributed by atoms with van der Waals surface area (Å²) in [6, 6.07) is 0. The predicted molar refractivity (Wildman–Crippen MR) is 58.2 cm³/mol. The molecule has 0 amide bonds. The number of ketones is 1. The number of hydrogen-bond acceptors (Lipinski definition) is 4. The van der Waals surface area contributed by atoms with Gasteiger partial charge in [-0.1, -0.05) is 6.58 Å². The third-order valence-corrected chi connectivity index (χ3v) is 1.86. The maximum Gasteiger partial charge on any atom is 0.177 e. The van der Waals surface area contributed by atoms with Crippen LogP contribution < -0.4 is 5.73 Å². The monoisotopic (exact) mass is 197 g/mol. The van der Waals surface area contributed by atoms with Gasteiger partial charge < -0.3 is 10.6 Å². The maximum atomic E-state index is 11.0. The fraction of sp³-hybridized carbons (Fsp3) is 0.500. The van der Waals surface area contributed by atoms with Gasteiger partial charge >= 0.3 is 0 Å². The van der Waals surface area contributed by atoms with E-state index in [1.807, 2.05) is 30.8 Å². The minimum absolute atomic E-state index is 0.117. The van der Waals surface area contributed by atoms with Crippen LogP contribution in [0.25, 0.3) is 0 Å². The van der Waals surface area contributed by atoms with Crippen LogP contribution in [0, 0.1) is 0 Å². The number of Topliss-reactive ketones (excluding diaryl/α,β-unsaturated/α-hetero) is 1. The van der Waals surface area contributed by atoms with Gasteiger partial charge in [0, 0.05) is 12.6 Å². The van der Waals surface area contributed by atoms with Gasteiger partial charge in [0.2, 0.25) is 0 Å². The number of carbonyl (C=O) groups excluding carboxylic acids is 1. The molecule has 0 aliphatic carbocycles. The summed E-state index contributed by atoms with van der Waals surface area (Å²) in [4.78, 5) is 14.8. The first kappa shape index (κ1) is 12.7. The summed E-state index contributed by atoms with van der Waals surface area (Å²) in [5, 5.41) is 0. The van der Waals surface area contributed by atoms with Gasteiger partial charge in [-0.3, -0.25) is 9.69 Å². The predicted octanol–water partition coefficient (Wildman–Crippen LogP) is 0.730. The average molecular weight is 197 g/mol. The Morgan fingerprint density at radius 1 is 1.43 bits per heavy atom. The summed E-state index contributed by atoms with van der Waals surface area (Å²) in [7, 11) is 3.88. The van der Waals surface area contributed by atoms with Crippen LogP contribution in [0.5, 0.6) is 0 Å². The van der Waals surface area contributed by atoms with Gasteiger partial charge in [-0.15, -0.1) is 0 Å². The zero-order chi connectivity index (χ0) is 11.3. The van der Waals surface area contributed by atoms with Gasteiger partial charge in [-0.25, -0.2) is 0 Å². The molecule has 0 aromatic carbocycles. The number of nitrogens with zero attached hydrogens (tertiary/aromatic N) is 2. The molecular weight excluding hydrogens is 178 g/mol. The maximum absolute atomic E-state index is 11.0. The minimum Gasteiger partial charge on any atom is -0.394 e. The van der Waals surface area contributed by atoms with E-state index in [1.165, 1.54) is 6.92 Å². The Labute approximate surface area is 85.7 Å². The third-order valence-electron chi connectivity index (χ3n) is 1.86. The molecule has 0 spiro atoms.